The van der Waals surface area contributed by atoms with E-state index in [0.29, 0.717) is 29.6 Å². The van der Waals surface area contributed by atoms with Crippen molar-refractivity contribution in [3.63, 3.8) is 0 Å². The lowest BCUT2D eigenvalue weighted by Crippen LogP contribution is -2.45. The van der Waals surface area contributed by atoms with E-state index in [1.807, 2.05) is 6.92 Å². The summed E-state index contributed by atoms with van der Waals surface area (Å²) in [5, 5.41) is 12.5. The average Bonchev–Trinajstić information content (AvgIpc) is 2.35. The predicted octanol–water partition coefficient (Wildman–Crippen LogP) is 2.15. The zero-order valence-corrected chi connectivity index (χ0v) is 12.4. The van der Waals surface area contributed by atoms with Crippen LogP contribution in [0.3, 0.4) is 0 Å². The Morgan fingerprint density at radius 3 is 2.85 bits per heavy atom. The quantitative estimate of drug-likeness (QED) is 0.790. The Hall–Kier alpha value is -1.33. The summed E-state index contributed by atoms with van der Waals surface area (Å²) in [7, 11) is 0. The van der Waals surface area contributed by atoms with E-state index in [1.165, 1.54) is 0 Å². The van der Waals surface area contributed by atoms with Gasteiger partial charge in [0.1, 0.15) is 11.0 Å². The first-order valence-corrected chi connectivity index (χ1v) is 7.36. The van der Waals surface area contributed by atoms with Crippen molar-refractivity contribution in [1.29, 1.82) is 0 Å². The van der Waals surface area contributed by atoms with E-state index >= 15 is 0 Å². The van der Waals surface area contributed by atoms with Crippen LogP contribution in [0.1, 0.15) is 36.5 Å². The summed E-state index contributed by atoms with van der Waals surface area (Å²) in [4.78, 5) is 18.4. The molecule has 1 aromatic heterocycles. The second-order valence-corrected chi connectivity index (χ2v) is 5.29. The molecule has 0 aromatic carbocycles. The number of amides is 1. The summed E-state index contributed by atoms with van der Waals surface area (Å²) in [5.74, 6) is 0.508. The lowest BCUT2D eigenvalue weighted by Gasteiger charge is -2.37. The van der Waals surface area contributed by atoms with E-state index in [0.717, 1.165) is 19.3 Å². The SMILES string of the molecule is CCNc1cc(C(=O)N(CCO)C2CCC2)cc(Cl)n1. The first kappa shape index (κ1) is 15.1. The van der Waals surface area contributed by atoms with Crippen LogP contribution in [0.15, 0.2) is 12.1 Å². The molecule has 0 aliphatic heterocycles. The van der Waals surface area contributed by atoms with Crippen LogP contribution in [-0.2, 0) is 0 Å². The highest BCUT2D eigenvalue weighted by Gasteiger charge is 2.29. The Kier molecular flexibility index (Phi) is 5.20. The molecule has 1 saturated carbocycles. The third-order valence-corrected chi connectivity index (χ3v) is 3.71. The van der Waals surface area contributed by atoms with Gasteiger partial charge in [-0.2, -0.15) is 0 Å². The monoisotopic (exact) mass is 297 g/mol. The number of carbonyl (C=O) groups excluding carboxylic acids is 1. The number of anilines is 1. The molecule has 1 heterocycles. The average molecular weight is 298 g/mol. The number of hydrogen-bond acceptors (Lipinski definition) is 4. The summed E-state index contributed by atoms with van der Waals surface area (Å²) < 4.78 is 0. The molecule has 0 saturated heterocycles. The standard InChI is InChI=1S/C14H20ClN3O2/c1-2-16-13-9-10(8-12(15)17-13)14(20)18(6-7-19)11-4-3-5-11/h8-9,11,19H,2-7H2,1H3,(H,16,17). The van der Waals surface area contributed by atoms with Gasteiger partial charge in [0.2, 0.25) is 0 Å². The molecule has 0 radical (unpaired) electrons. The second kappa shape index (κ2) is 6.90. The molecule has 2 N–H and O–H groups in total. The normalized spacial score (nSPS) is 14.8. The Morgan fingerprint density at radius 1 is 1.55 bits per heavy atom. The Balaban J connectivity index is 2.21. The van der Waals surface area contributed by atoms with Crippen LogP contribution in [0.4, 0.5) is 5.82 Å². The van der Waals surface area contributed by atoms with Crippen LogP contribution in [-0.4, -0.2) is 46.6 Å². The van der Waals surface area contributed by atoms with Crippen molar-refractivity contribution in [2.24, 2.45) is 0 Å². The van der Waals surface area contributed by atoms with Crippen molar-refractivity contribution in [2.45, 2.75) is 32.2 Å². The van der Waals surface area contributed by atoms with Gasteiger partial charge in [-0.1, -0.05) is 11.6 Å². The van der Waals surface area contributed by atoms with E-state index in [1.54, 1.807) is 17.0 Å². The minimum absolute atomic E-state index is 0.0267. The first-order chi connectivity index (χ1) is 9.65. The molecule has 20 heavy (non-hydrogen) atoms. The summed E-state index contributed by atoms with van der Waals surface area (Å²) >= 11 is 5.97. The van der Waals surface area contributed by atoms with Crippen LogP contribution in [0, 0.1) is 0 Å². The number of nitrogens with one attached hydrogen (secondary N) is 1. The van der Waals surface area contributed by atoms with Crippen molar-refractivity contribution < 1.29 is 9.90 Å². The van der Waals surface area contributed by atoms with Gasteiger partial charge in [-0.25, -0.2) is 4.98 Å². The van der Waals surface area contributed by atoms with Gasteiger partial charge in [0.25, 0.3) is 5.91 Å². The molecule has 1 amide bonds. The number of rotatable bonds is 6. The van der Waals surface area contributed by atoms with E-state index in [2.05, 4.69) is 10.3 Å². The molecule has 1 aliphatic carbocycles. The van der Waals surface area contributed by atoms with Crippen LogP contribution in [0.25, 0.3) is 0 Å². The molecule has 0 spiro atoms. The van der Waals surface area contributed by atoms with Gasteiger partial charge in [-0.3, -0.25) is 4.79 Å². The number of aromatic nitrogens is 1. The predicted molar refractivity (Wildman–Crippen MR) is 79.2 cm³/mol. The maximum atomic E-state index is 12.6. The molecule has 0 atom stereocenters. The number of halogens is 1. The van der Waals surface area contributed by atoms with Crippen molar-refractivity contribution in [3.05, 3.63) is 22.8 Å². The minimum atomic E-state index is -0.0906. The lowest BCUT2D eigenvalue weighted by molar-refractivity contribution is 0.0526. The Bertz CT molecular complexity index is 477. The molecule has 1 fully saturated rings. The van der Waals surface area contributed by atoms with Crippen LogP contribution < -0.4 is 5.32 Å². The van der Waals surface area contributed by atoms with Crippen LogP contribution in [0.5, 0.6) is 0 Å². The van der Waals surface area contributed by atoms with Gasteiger partial charge >= 0.3 is 0 Å². The van der Waals surface area contributed by atoms with Gasteiger partial charge in [0.15, 0.2) is 0 Å². The number of aliphatic hydroxyl groups excluding tert-OH is 1. The first-order valence-electron chi connectivity index (χ1n) is 6.99. The zero-order valence-electron chi connectivity index (χ0n) is 11.6. The fourth-order valence-corrected chi connectivity index (χ4v) is 2.52. The minimum Gasteiger partial charge on any atom is -0.395 e. The molecular formula is C14H20ClN3O2. The number of pyridine rings is 1. The number of carbonyl (C=O) groups is 1. The molecule has 5 nitrogen and oxygen atoms in total. The summed E-state index contributed by atoms with van der Waals surface area (Å²) in [6.07, 6.45) is 3.15. The molecule has 6 heteroatoms. The number of nitrogens with zero attached hydrogens (tertiary/aromatic N) is 2. The van der Waals surface area contributed by atoms with Gasteiger partial charge in [0.05, 0.1) is 6.61 Å². The third-order valence-electron chi connectivity index (χ3n) is 3.52. The molecule has 1 aliphatic rings. The maximum absolute atomic E-state index is 12.6. The van der Waals surface area contributed by atoms with E-state index in [4.69, 9.17) is 16.7 Å². The fraction of sp³-hybridized carbons (Fsp3) is 0.571. The van der Waals surface area contributed by atoms with Crippen molar-refractivity contribution >= 4 is 23.3 Å². The Labute approximate surface area is 123 Å². The molecule has 0 unspecified atom stereocenters. The van der Waals surface area contributed by atoms with Gasteiger partial charge in [0, 0.05) is 24.7 Å². The summed E-state index contributed by atoms with van der Waals surface area (Å²) in [6, 6.07) is 3.53. The third kappa shape index (κ3) is 3.41. The maximum Gasteiger partial charge on any atom is 0.254 e. The lowest BCUT2D eigenvalue weighted by atomic mass is 9.91. The molecule has 1 aromatic rings. The molecule has 0 bridgehead atoms. The molecular weight excluding hydrogens is 278 g/mol. The highest BCUT2D eigenvalue weighted by Crippen LogP contribution is 2.26. The summed E-state index contributed by atoms with van der Waals surface area (Å²) in [6.45, 7) is 3.00. The van der Waals surface area contributed by atoms with E-state index in [9.17, 15) is 4.79 Å². The number of aliphatic hydroxyl groups is 1. The van der Waals surface area contributed by atoms with Crippen molar-refractivity contribution in [1.82, 2.24) is 9.88 Å². The van der Waals surface area contributed by atoms with Crippen molar-refractivity contribution in [3.8, 4) is 0 Å². The highest BCUT2D eigenvalue weighted by molar-refractivity contribution is 6.29. The number of hydrogen-bond donors (Lipinski definition) is 2. The van der Waals surface area contributed by atoms with Gasteiger partial charge in [-0.15, -0.1) is 0 Å². The second-order valence-electron chi connectivity index (χ2n) is 4.90. The zero-order chi connectivity index (χ0) is 14.5. The van der Waals surface area contributed by atoms with Gasteiger partial charge < -0.3 is 15.3 Å². The molecule has 110 valence electrons. The van der Waals surface area contributed by atoms with Crippen LogP contribution >= 0.6 is 11.6 Å². The van der Waals surface area contributed by atoms with Gasteiger partial charge in [-0.05, 0) is 38.3 Å². The largest absolute Gasteiger partial charge is 0.395 e. The topological polar surface area (TPSA) is 65.5 Å². The Morgan fingerprint density at radius 2 is 2.30 bits per heavy atom. The van der Waals surface area contributed by atoms with Crippen LogP contribution in [0.2, 0.25) is 5.15 Å². The highest BCUT2D eigenvalue weighted by atomic mass is 35.5. The van der Waals surface area contributed by atoms with E-state index in [-0.39, 0.29) is 18.6 Å². The summed E-state index contributed by atoms with van der Waals surface area (Å²) in [5.41, 5.74) is 0.515. The smallest absolute Gasteiger partial charge is 0.254 e. The van der Waals surface area contributed by atoms with Crippen molar-refractivity contribution in [2.75, 3.05) is 25.0 Å². The fourth-order valence-electron chi connectivity index (χ4n) is 2.31. The molecule has 2 rings (SSSR count). The van der Waals surface area contributed by atoms with E-state index < -0.39 is 0 Å².